The molecule has 0 atom stereocenters. The van der Waals surface area contributed by atoms with Gasteiger partial charge < -0.3 is 15.1 Å². The number of likely N-dealkylation sites (tertiary alicyclic amines) is 1. The highest BCUT2D eigenvalue weighted by molar-refractivity contribution is 8.00. The van der Waals surface area contributed by atoms with Crippen LogP contribution in [0.4, 0.5) is 5.69 Å². The molecule has 0 aliphatic carbocycles. The van der Waals surface area contributed by atoms with Gasteiger partial charge in [-0.15, -0.1) is 11.8 Å². The second-order valence-corrected chi connectivity index (χ2v) is 8.74. The third-order valence-corrected chi connectivity index (χ3v) is 6.69. The number of fused-ring (bicyclic) bond motifs is 1. The molecule has 0 unspecified atom stereocenters. The largest absolute Gasteiger partial charge is 0.350 e. The van der Waals surface area contributed by atoms with Gasteiger partial charge in [0.05, 0.1) is 11.4 Å². The van der Waals surface area contributed by atoms with Crippen molar-refractivity contribution in [1.82, 2.24) is 10.2 Å². The minimum Gasteiger partial charge on any atom is -0.350 e. The fourth-order valence-corrected chi connectivity index (χ4v) is 4.77. The van der Waals surface area contributed by atoms with E-state index in [1.165, 1.54) is 16.7 Å². The van der Waals surface area contributed by atoms with Gasteiger partial charge in [0, 0.05) is 35.1 Å². The number of nitrogens with zero attached hydrogens (tertiary/aromatic N) is 2. The molecular weight excluding hydrogens is 422 g/mol. The number of anilines is 1. The van der Waals surface area contributed by atoms with E-state index in [-0.39, 0.29) is 36.6 Å². The van der Waals surface area contributed by atoms with E-state index in [9.17, 15) is 14.4 Å². The third-order valence-electron chi connectivity index (χ3n) is 5.28. The van der Waals surface area contributed by atoms with Gasteiger partial charge in [0.1, 0.15) is 6.54 Å². The molecule has 2 aromatic carbocycles. The standard InChI is InChI=1S/C22H22ClN3O3S/c23-17-6-2-1-5-16(17)12-24-20(27)13-26-18-11-15(22(29)25-9-3-4-10-25)7-8-19(18)30-14-21(26)28/h1-2,5-8,11H,3-4,9-10,12-14H2,(H,24,27). The molecule has 4 rings (SSSR count). The minimum atomic E-state index is -0.280. The fourth-order valence-electron chi connectivity index (χ4n) is 3.65. The molecule has 156 valence electrons. The first-order chi connectivity index (χ1) is 14.5. The summed E-state index contributed by atoms with van der Waals surface area (Å²) in [5, 5.41) is 3.40. The van der Waals surface area contributed by atoms with E-state index in [0.717, 1.165) is 36.4 Å². The summed E-state index contributed by atoms with van der Waals surface area (Å²) in [6.45, 7) is 1.71. The molecule has 0 bridgehead atoms. The average molecular weight is 444 g/mol. The van der Waals surface area contributed by atoms with Crippen LogP contribution in [0.15, 0.2) is 47.4 Å². The van der Waals surface area contributed by atoms with Crippen molar-refractivity contribution in [2.24, 2.45) is 0 Å². The first-order valence-electron chi connectivity index (χ1n) is 9.89. The Morgan fingerprint density at radius 2 is 1.87 bits per heavy atom. The van der Waals surface area contributed by atoms with Crippen molar-refractivity contribution in [2.75, 3.05) is 30.3 Å². The molecule has 1 N–H and O–H groups in total. The molecular formula is C22H22ClN3O3S. The van der Waals surface area contributed by atoms with Crippen LogP contribution in [0.2, 0.25) is 5.02 Å². The fraction of sp³-hybridized carbons (Fsp3) is 0.318. The Bertz CT molecular complexity index is 991. The Morgan fingerprint density at radius 1 is 1.10 bits per heavy atom. The van der Waals surface area contributed by atoms with Crippen LogP contribution in [0.5, 0.6) is 0 Å². The molecule has 6 nitrogen and oxygen atoms in total. The molecule has 2 heterocycles. The molecule has 1 fully saturated rings. The summed E-state index contributed by atoms with van der Waals surface area (Å²) in [7, 11) is 0. The highest BCUT2D eigenvalue weighted by atomic mass is 35.5. The maximum Gasteiger partial charge on any atom is 0.253 e. The summed E-state index contributed by atoms with van der Waals surface area (Å²) in [4.78, 5) is 42.1. The number of benzene rings is 2. The maximum absolute atomic E-state index is 12.8. The summed E-state index contributed by atoms with van der Waals surface area (Å²) in [5.74, 6) is -0.186. The molecule has 1 saturated heterocycles. The SMILES string of the molecule is O=C(CN1C(=O)CSc2ccc(C(=O)N3CCCC3)cc21)NCc1ccccc1Cl. The van der Waals surface area contributed by atoms with E-state index in [1.807, 2.05) is 29.2 Å². The summed E-state index contributed by atoms with van der Waals surface area (Å²) >= 11 is 7.56. The van der Waals surface area contributed by atoms with E-state index in [4.69, 9.17) is 11.6 Å². The van der Waals surface area contributed by atoms with Gasteiger partial charge in [-0.1, -0.05) is 29.8 Å². The highest BCUT2D eigenvalue weighted by Crippen LogP contribution is 2.36. The predicted octanol–water partition coefficient (Wildman–Crippen LogP) is 3.33. The van der Waals surface area contributed by atoms with Crippen LogP contribution in [0.1, 0.15) is 28.8 Å². The molecule has 0 saturated carbocycles. The quantitative estimate of drug-likeness (QED) is 0.769. The predicted molar refractivity (Wildman–Crippen MR) is 118 cm³/mol. The summed E-state index contributed by atoms with van der Waals surface area (Å²) in [6.07, 6.45) is 2.03. The summed E-state index contributed by atoms with van der Waals surface area (Å²) in [5.41, 5.74) is 1.98. The number of carbonyl (C=O) groups excluding carboxylic acids is 3. The van der Waals surface area contributed by atoms with Crippen molar-refractivity contribution in [3.63, 3.8) is 0 Å². The van der Waals surface area contributed by atoms with Gasteiger partial charge >= 0.3 is 0 Å². The second kappa shape index (κ2) is 9.10. The lowest BCUT2D eigenvalue weighted by Gasteiger charge is -2.29. The zero-order chi connectivity index (χ0) is 21.1. The molecule has 8 heteroatoms. The van der Waals surface area contributed by atoms with Crippen LogP contribution < -0.4 is 10.2 Å². The van der Waals surface area contributed by atoms with Gasteiger partial charge in [-0.3, -0.25) is 14.4 Å². The lowest BCUT2D eigenvalue weighted by Crippen LogP contribution is -2.43. The van der Waals surface area contributed by atoms with Crippen LogP contribution in [0, 0.1) is 0 Å². The van der Waals surface area contributed by atoms with Gasteiger partial charge in [0.25, 0.3) is 5.91 Å². The smallest absolute Gasteiger partial charge is 0.253 e. The number of hydrogen-bond acceptors (Lipinski definition) is 4. The Morgan fingerprint density at radius 3 is 2.63 bits per heavy atom. The van der Waals surface area contributed by atoms with Crippen molar-refractivity contribution in [3.8, 4) is 0 Å². The normalized spacial score (nSPS) is 15.8. The number of amides is 3. The third kappa shape index (κ3) is 4.47. The molecule has 2 aliphatic heterocycles. The monoisotopic (exact) mass is 443 g/mol. The van der Waals surface area contributed by atoms with Crippen LogP contribution >= 0.6 is 23.4 Å². The van der Waals surface area contributed by atoms with Crippen LogP contribution in [-0.2, 0) is 16.1 Å². The van der Waals surface area contributed by atoms with E-state index in [1.54, 1.807) is 18.2 Å². The second-order valence-electron chi connectivity index (χ2n) is 7.32. The van der Waals surface area contributed by atoms with Gasteiger partial charge in [0.2, 0.25) is 11.8 Å². The molecule has 2 aromatic rings. The maximum atomic E-state index is 12.8. The number of thioether (sulfide) groups is 1. The molecule has 0 spiro atoms. The van der Waals surface area contributed by atoms with E-state index in [2.05, 4.69) is 5.32 Å². The average Bonchev–Trinajstić information content (AvgIpc) is 3.29. The molecule has 30 heavy (non-hydrogen) atoms. The number of rotatable bonds is 5. The molecule has 2 aliphatic rings. The van der Waals surface area contributed by atoms with E-state index >= 15 is 0 Å². The topological polar surface area (TPSA) is 69.7 Å². The lowest BCUT2D eigenvalue weighted by molar-refractivity contribution is -0.123. The summed E-state index contributed by atoms with van der Waals surface area (Å²) in [6, 6.07) is 12.7. The molecule has 3 amide bonds. The van der Waals surface area contributed by atoms with Crippen molar-refractivity contribution in [2.45, 2.75) is 24.3 Å². The van der Waals surface area contributed by atoms with Gasteiger partial charge in [-0.2, -0.15) is 0 Å². The lowest BCUT2D eigenvalue weighted by atomic mass is 10.1. The van der Waals surface area contributed by atoms with Crippen molar-refractivity contribution in [1.29, 1.82) is 0 Å². The highest BCUT2D eigenvalue weighted by Gasteiger charge is 2.28. The van der Waals surface area contributed by atoms with Crippen LogP contribution in [-0.4, -0.2) is 48.0 Å². The molecule has 0 aromatic heterocycles. The first-order valence-corrected chi connectivity index (χ1v) is 11.3. The number of nitrogens with one attached hydrogen (secondary N) is 1. The van der Waals surface area contributed by atoms with E-state index < -0.39 is 0 Å². The Hall–Kier alpha value is -2.51. The Labute approximate surface area is 184 Å². The van der Waals surface area contributed by atoms with Crippen molar-refractivity contribution < 1.29 is 14.4 Å². The summed E-state index contributed by atoms with van der Waals surface area (Å²) < 4.78 is 0. The zero-order valence-electron chi connectivity index (χ0n) is 16.4. The van der Waals surface area contributed by atoms with Gasteiger partial charge in [-0.05, 0) is 42.7 Å². The molecule has 0 radical (unpaired) electrons. The van der Waals surface area contributed by atoms with Gasteiger partial charge in [0.15, 0.2) is 0 Å². The van der Waals surface area contributed by atoms with Crippen LogP contribution in [0.3, 0.4) is 0 Å². The number of hydrogen-bond donors (Lipinski definition) is 1. The van der Waals surface area contributed by atoms with Crippen molar-refractivity contribution >= 4 is 46.8 Å². The van der Waals surface area contributed by atoms with E-state index in [0.29, 0.717) is 16.3 Å². The van der Waals surface area contributed by atoms with Crippen molar-refractivity contribution in [3.05, 3.63) is 58.6 Å². The minimum absolute atomic E-state index is 0.0264. The zero-order valence-corrected chi connectivity index (χ0v) is 18.0. The van der Waals surface area contributed by atoms with Crippen LogP contribution in [0.25, 0.3) is 0 Å². The Balaban J connectivity index is 1.49. The Kier molecular flexibility index (Phi) is 6.29. The number of carbonyl (C=O) groups is 3. The first kappa shape index (κ1) is 20.8. The number of halogens is 1. The van der Waals surface area contributed by atoms with Gasteiger partial charge in [-0.25, -0.2) is 0 Å².